The van der Waals surface area contributed by atoms with E-state index < -0.39 is 6.29 Å². The van der Waals surface area contributed by atoms with Gasteiger partial charge in [0.15, 0.2) is 0 Å². The minimum Gasteiger partial charge on any atom is -0.361 e. The van der Waals surface area contributed by atoms with Crippen LogP contribution in [0, 0.1) is 12.2 Å². The van der Waals surface area contributed by atoms with Crippen LogP contribution in [0.25, 0.3) is 0 Å². The van der Waals surface area contributed by atoms with Crippen LogP contribution in [0.2, 0.25) is 0 Å². The zero-order chi connectivity index (χ0) is 17.2. The molecule has 0 bridgehead atoms. The summed E-state index contributed by atoms with van der Waals surface area (Å²) in [5.41, 5.74) is 0. The highest BCUT2D eigenvalue weighted by Gasteiger charge is 2.11. The first kappa shape index (κ1) is 22.9. The molecule has 2 nitrogen and oxygen atoms in total. The Morgan fingerprint density at radius 3 is 1.17 bits per heavy atom. The van der Waals surface area contributed by atoms with E-state index in [1.807, 2.05) is 6.92 Å². The van der Waals surface area contributed by atoms with Crippen molar-refractivity contribution in [3.8, 4) is 0 Å². The van der Waals surface area contributed by atoms with Gasteiger partial charge >= 0.3 is 0 Å². The lowest BCUT2D eigenvalue weighted by Gasteiger charge is -2.11. The number of aliphatic hydroxyl groups excluding tert-OH is 1. The standard InChI is InChI=1S/C21H43O2/c1-3-4-5-6-7-8-9-10-11-12-13-14-15-16-17-18-19-20(2)21(22)23/h20,22-23H,3-19H2,1-2H3. The second-order valence-corrected chi connectivity index (χ2v) is 7.35. The van der Waals surface area contributed by atoms with Crippen molar-refractivity contribution >= 4 is 0 Å². The highest BCUT2D eigenvalue weighted by molar-refractivity contribution is 4.67. The monoisotopic (exact) mass is 327 g/mol. The molecule has 0 saturated carbocycles. The van der Waals surface area contributed by atoms with Crippen LogP contribution in [-0.2, 0) is 0 Å². The second-order valence-electron chi connectivity index (χ2n) is 7.35. The largest absolute Gasteiger partial charge is 0.361 e. The molecule has 0 spiro atoms. The van der Waals surface area contributed by atoms with Gasteiger partial charge in [0.2, 0.25) is 6.29 Å². The number of rotatable bonds is 18. The van der Waals surface area contributed by atoms with Crippen molar-refractivity contribution in [2.24, 2.45) is 5.92 Å². The number of hydrogen-bond acceptors (Lipinski definition) is 2. The quantitative estimate of drug-likeness (QED) is 0.256. The molecule has 139 valence electrons. The molecule has 0 aliphatic heterocycles. The Balaban J connectivity index is 3.03. The summed E-state index contributed by atoms with van der Waals surface area (Å²) in [5.74, 6) is -0.0540. The van der Waals surface area contributed by atoms with Gasteiger partial charge in [-0.3, -0.25) is 0 Å². The van der Waals surface area contributed by atoms with E-state index in [4.69, 9.17) is 10.2 Å². The lowest BCUT2D eigenvalue weighted by atomic mass is 10.0. The maximum atomic E-state index is 8.92. The number of unbranched alkanes of at least 4 members (excludes halogenated alkanes) is 15. The molecule has 1 radical (unpaired) electrons. The fraction of sp³-hybridized carbons (Fsp3) is 0.952. The summed E-state index contributed by atoms with van der Waals surface area (Å²) >= 11 is 0. The van der Waals surface area contributed by atoms with Crippen molar-refractivity contribution in [1.82, 2.24) is 0 Å². The van der Waals surface area contributed by atoms with Gasteiger partial charge in [-0.05, 0) is 6.42 Å². The maximum Gasteiger partial charge on any atom is 0.221 e. The lowest BCUT2D eigenvalue weighted by molar-refractivity contribution is 0.0356. The van der Waals surface area contributed by atoms with Gasteiger partial charge in [0.05, 0.1) is 0 Å². The van der Waals surface area contributed by atoms with Crippen molar-refractivity contribution in [1.29, 1.82) is 0 Å². The van der Waals surface area contributed by atoms with Gasteiger partial charge in [0, 0.05) is 5.92 Å². The molecular formula is C21H43O2. The molecule has 0 heterocycles. The van der Waals surface area contributed by atoms with Crippen molar-refractivity contribution < 1.29 is 10.2 Å². The lowest BCUT2D eigenvalue weighted by Crippen LogP contribution is -2.06. The average Bonchev–Trinajstić information content (AvgIpc) is 2.54. The molecule has 1 atom stereocenters. The molecule has 2 N–H and O–H groups in total. The summed E-state index contributed by atoms with van der Waals surface area (Å²) in [6.07, 6.45) is 22.6. The maximum absolute atomic E-state index is 8.92. The summed E-state index contributed by atoms with van der Waals surface area (Å²) in [4.78, 5) is 0. The summed E-state index contributed by atoms with van der Waals surface area (Å²) in [6, 6.07) is 0. The Morgan fingerprint density at radius 1 is 0.565 bits per heavy atom. The van der Waals surface area contributed by atoms with Crippen LogP contribution in [0.3, 0.4) is 0 Å². The molecule has 0 rings (SSSR count). The molecule has 0 aromatic rings. The minimum absolute atomic E-state index is 0.0540. The van der Waals surface area contributed by atoms with E-state index in [1.54, 1.807) is 0 Å². The predicted molar refractivity (Wildman–Crippen MR) is 100 cm³/mol. The molecule has 1 unspecified atom stereocenters. The SMILES string of the molecule is CCCCCCCCCCCCCCCCCCC(C)[C](O)O. The van der Waals surface area contributed by atoms with Gasteiger partial charge in [0.25, 0.3) is 0 Å². The Morgan fingerprint density at radius 2 is 0.870 bits per heavy atom. The van der Waals surface area contributed by atoms with Crippen LogP contribution in [0.1, 0.15) is 123 Å². The highest BCUT2D eigenvalue weighted by Crippen LogP contribution is 2.17. The first-order valence-corrected chi connectivity index (χ1v) is 10.4. The van der Waals surface area contributed by atoms with Crippen molar-refractivity contribution in [2.75, 3.05) is 0 Å². The predicted octanol–water partition coefficient (Wildman–Crippen LogP) is 7.51. The van der Waals surface area contributed by atoms with Crippen LogP contribution in [-0.4, -0.2) is 10.2 Å². The van der Waals surface area contributed by atoms with Gasteiger partial charge < -0.3 is 10.2 Å². The molecule has 23 heavy (non-hydrogen) atoms. The topological polar surface area (TPSA) is 40.5 Å². The molecular weight excluding hydrogens is 284 g/mol. The van der Waals surface area contributed by atoms with Gasteiger partial charge in [-0.25, -0.2) is 0 Å². The highest BCUT2D eigenvalue weighted by atomic mass is 16.5. The zero-order valence-electron chi connectivity index (χ0n) is 16.0. The van der Waals surface area contributed by atoms with E-state index in [0.29, 0.717) is 0 Å². The van der Waals surface area contributed by atoms with Gasteiger partial charge in [-0.2, -0.15) is 0 Å². The van der Waals surface area contributed by atoms with Crippen LogP contribution < -0.4 is 0 Å². The Bertz CT molecular complexity index is 216. The number of hydrogen-bond donors (Lipinski definition) is 2. The molecule has 0 saturated heterocycles. The first-order chi connectivity index (χ1) is 11.2. The summed E-state index contributed by atoms with van der Waals surface area (Å²) in [5, 5.41) is 17.8. The van der Waals surface area contributed by atoms with E-state index in [1.165, 1.54) is 96.3 Å². The van der Waals surface area contributed by atoms with Crippen LogP contribution in [0.15, 0.2) is 0 Å². The molecule has 2 heteroatoms. The van der Waals surface area contributed by atoms with Crippen LogP contribution >= 0.6 is 0 Å². The van der Waals surface area contributed by atoms with Crippen LogP contribution in [0.4, 0.5) is 0 Å². The molecule has 0 aliphatic carbocycles. The Hall–Kier alpha value is -0.0800. The molecule has 0 fully saturated rings. The van der Waals surface area contributed by atoms with Crippen molar-refractivity contribution in [3.05, 3.63) is 6.29 Å². The van der Waals surface area contributed by atoms with Crippen LogP contribution in [0.5, 0.6) is 0 Å². The Labute approximate surface area is 146 Å². The molecule has 0 aromatic heterocycles. The molecule has 0 aromatic carbocycles. The fourth-order valence-corrected chi connectivity index (χ4v) is 3.13. The average molecular weight is 328 g/mol. The normalized spacial score (nSPS) is 12.9. The molecule has 0 amide bonds. The van der Waals surface area contributed by atoms with E-state index >= 15 is 0 Å². The zero-order valence-corrected chi connectivity index (χ0v) is 16.0. The third-order valence-electron chi connectivity index (χ3n) is 4.93. The number of aliphatic hydroxyl groups is 2. The third kappa shape index (κ3) is 18.1. The van der Waals surface area contributed by atoms with E-state index in [-0.39, 0.29) is 5.92 Å². The second kappa shape index (κ2) is 18.3. The summed E-state index contributed by atoms with van der Waals surface area (Å²) in [6.45, 7) is 4.16. The smallest absolute Gasteiger partial charge is 0.221 e. The third-order valence-corrected chi connectivity index (χ3v) is 4.93. The van der Waals surface area contributed by atoms with Gasteiger partial charge in [0.1, 0.15) is 0 Å². The van der Waals surface area contributed by atoms with Crippen molar-refractivity contribution in [3.63, 3.8) is 0 Å². The fourth-order valence-electron chi connectivity index (χ4n) is 3.13. The van der Waals surface area contributed by atoms with Gasteiger partial charge in [-0.1, -0.05) is 117 Å². The Kier molecular flexibility index (Phi) is 18.2. The van der Waals surface area contributed by atoms with E-state index in [9.17, 15) is 0 Å². The van der Waals surface area contributed by atoms with E-state index in [2.05, 4.69) is 6.92 Å². The van der Waals surface area contributed by atoms with Crippen molar-refractivity contribution in [2.45, 2.75) is 123 Å². The van der Waals surface area contributed by atoms with Gasteiger partial charge in [-0.15, -0.1) is 0 Å². The molecule has 0 aliphatic rings. The summed E-state index contributed by atoms with van der Waals surface area (Å²) in [7, 11) is 0. The van der Waals surface area contributed by atoms with E-state index in [0.717, 1.165) is 12.8 Å². The minimum atomic E-state index is -0.397. The summed E-state index contributed by atoms with van der Waals surface area (Å²) < 4.78 is 0. The first-order valence-electron chi connectivity index (χ1n) is 10.4.